The monoisotopic (exact) mass is 202 g/mol. The average molecular weight is 202 g/mol. The lowest BCUT2D eigenvalue weighted by Gasteiger charge is -2.26. The summed E-state index contributed by atoms with van der Waals surface area (Å²) >= 11 is 0. The van der Waals surface area contributed by atoms with Crippen LogP contribution in [0.15, 0.2) is 0 Å². The fraction of sp³-hybridized carbons (Fsp3) is 0.778. The van der Waals surface area contributed by atoms with E-state index in [1.165, 1.54) is 0 Å². The smallest absolute Gasteiger partial charge is 0.303 e. The molecule has 0 fully saturated rings. The minimum Gasteiger partial charge on any atom is -0.481 e. The van der Waals surface area contributed by atoms with Crippen molar-refractivity contribution in [1.29, 1.82) is 0 Å². The molecular formula is C9H18N2O3. The molecule has 82 valence electrons. The number of nitrogens with two attached hydrogens (primary N) is 1. The third-order valence-electron chi connectivity index (χ3n) is 2.01. The summed E-state index contributed by atoms with van der Waals surface area (Å²) < 4.78 is 0. The predicted molar refractivity (Wildman–Crippen MR) is 52.7 cm³/mol. The van der Waals surface area contributed by atoms with Gasteiger partial charge in [0.1, 0.15) is 0 Å². The summed E-state index contributed by atoms with van der Waals surface area (Å²) in [7, 11) is 0. The summed E-state index contributed by atoms with van der Waals surface area (Å²) in [4.78, 5) is 21.2. The number of carboxylic acids is 1. The zero-order valence-corrected chi connectivity index (χ0v) is 8.83. The van der Waals surface area contributed by atoms with Crippen molar-refractivity contribution in [3.8, 4) is 0 Å². The van der Waals surface area contributed by atoms with Crippen LogP contribution < -0.4 is 11.1 Å². The van der Waals surface area contributed by atoms with E-state index in [2.05, 4.69) is 5.32 Å². The summed E-state index contributed by atoms with van der Waals surface area (Å²) in [5.74, 6) is -1.28. The van der Waals surface area contributed by atoms with Gasteiger partial charge in [-0.2, -0.15) is 0 Å². The predicted octanol–water partition coefficient (Wildman–Crippen LogP) is 0.0932. The molecule has 0 spiro atoms. The number of primary amides is 1. The first kappa shape index (κ1) is 12.9. The highest BCUT2D eigenvalue weighted by Gasteiger charge is 2.26. The van der Waals surface area contributed by atoms with E-state index in [1.807, 2.05) is 6.92 Å². The number of aliphatic carboxylic acids is 1. The standard InChI is InChI=1S/C9H18N2O3/c1-6(4-5-7(12)13)11-9(2,3)8(10)14/h6,11H,4-5H2,1-3H3,(H2,10,14)(H,12,13). The minimum absolute atomic E-state index is 0.0476. The summed E-state index contributed by atoms with van der Waals surface area (Å²) in [6.45, 7) is 5.17. The normalized spacial score (nSPS) is 13.6. The molecule has 0 aromatic heterocycles. The summed E-state index contributed by atoms with van der Waals surface area (Å²) in [5.41, 5.74) is 4.36. The zero-order valence-electron chi connectivity index (χ0n) is 8.83. The lowest BCUT2D eigenvalue weighted by atomic mass is 10.0. The molecule has 0 aliphatic heterocycles. The Hall–Kier alpha value is -1.10. The van der Waals surface area contributed by atoms with E-state index in [-0.39, 0.29) is 12.5 Å². The van der Waals surface area contributed by atoms with Crippen LogP contribution in [0.2, 0.25) is 0 Å². The van der Waals surface area contributed by atoms with E-state index >= 15 is 0 Å². The molecule has 1 unspecified atom stereocenters. The first-order valence-corrected chi connectivity index (χ1v) is 4.55. The molecule has 0 saturated carbocycles. The van der Waals surface area contributed by atoms with Crippen LogP contribution in [0.4, 0.5) is 0 Å². The van der Waals surface area contributed by atoms with Gasteiger partial charge in [0.2, 0.25) is 5.91 Å². The fourth-order valence-electron chi connectivity index (χ4n) is 1.10. The van der Waals surface area contributed by atoms with Gasteiger partial charge in [-0.3, -0.25) is 9.59 Å². The van der Waals surface area contributed by atoms with E-state index in [0.717, 1.165) is 0 Å². The maximum atomic E-state index is 10.9. The van der Waals surface area contributed by atoms with E-state index in [9.17, 15) is 9.59 Å². The van der Waals surface area contributed by atoms with Crippen LogP contribution in [-0.4, -0.2) is 28.6 Å². The van der Waals surface area contributed by atoms with Gasteiger partial charge >= 0.3 is 5.97 Å². The molecule has 1 amide bonds. The van der Waals surface area contributed by atoms with E-state index < -0.39 is 17.4 Å². The molecule has 4 N–H and O–H groups in total. The van der Waals surface area contributed by atoms with Gasteiger partial charge in [-0.15, -0.1) is 0 Å². The molecule has 0 radical (unpaired) electrons. The van der Waals surface area contributed by atoms with Crippen LogP contribution in [0.3, 0.4) is 0 Å². The highest BCUT2D eigenvalue weighted by molar-refractivity contribution is 5.83. The summed E-state index contributed by atoms with van der Waals surface area (Å²) in [6.07, 6.45) is 0.565. The Morgan fingerprint density at radius 3 is 2.36 bits per heavy atom. The Labute approximate surface area is 83.7 Å². The maximum Gasteiger partial charge on any atom is 0.303 e. The largest absolute Gasteiger partial charge is 0.481 e. The van der Waals surface area contributed by atoms with Crippen LogP contribution in [-0.2, 0) is 9.59 Å². The van der Waals surface area contributed by atoms with Crippen molar-refractivity contribution < 1.29 is 14.7 Å². The van der Waals surface area contributed by atoms with Crippen molar-refractivity contribution in [2.75, 3.05) is 0 Å². The Bertz CT molecular complexity index is 226. The summed E-state index contributed by atoms with van der Waals surface area (Å²) in [6, 6.07) is -0.0476. The second-order valence-electron chi connectivity index (χ2n) is 3.97. The van der Waals surface area contributed by atoms with Gasteiger partial charge < -0.3 is 16.2 Å². The number of hydrogen-bond donors (Lipinski definition) is 3. The highest BCUT2D eigenvalue weighted by Crippen LogP contribution is 2.05. The molecule has 0 aromatic carbocycles. The molecule has 0 heterocycles. The molecular weight excluding hydrogens is 184 g/mol. The number of amides is 1. The molecule has 5 heteroatoms. The van der Waals surface area contributed by atoms with Crippen LogP contribution in [0.25, 0.3) is 0 Å². The molecule has 5 nitrogen and oxygen atoms in total. The average Bonchev–Trinajstić information content (AvgIpc) is 1.99. The minimum atomic E-state index is -0.837. The Morgan fingerprint density at radius 1 is 1.50 bits per heavy atom. The molecule has 0 bridgehead atoms. The quantitative estimate of drug-likeness (QED) is 0.569. The van der Waals surface area contributed by atoms with Crippen LogP contribution in [0.1, 0.15) is 33.6 Å². The van der Waals surface area contributed by atoms with Crippen LogP contribution in [0, 0.1) is 0 Å². The topological polar surface area (TPSA) is 92.4 Å². The maximum absolute atomic E-state index is 10.9. The van der Waals surface area contributed by atoms with E-state index in [4.69, 9.17) is 10.8 Å². The van der Waals surface area contributed by atoms with Crippen molar-refractivity contribution in [3.63, 3.8) is 0 Å². The lowest BCUT2D eigenvalue weighted by Crippen LogP contribution is -2.53. The molecule has 1 atom stereocenters. The lowest BCUT2D eigenvalue weighted by molar-refractivity contribution is -0.137. The molecule has 0 aromatic rings. The molecule has 0 saturated heterocycles. The van der Waals surface area contributed by atoms with Crippen molar-refractivity contribution in [2.45, 2.75) is 45.2 Å². The van der Waals surface area contributed by atoms with Crippen LogP contribution >= 0.6 is 0 Å². The van der Waals surface area contributed by atoms with Crippen molar-refractivity contribution in [2.24, 2.45) is 5.73 Å². The van der Waals surface area contributed by atoms with E-state index in [0.29, 0.717) is 6.42 Å². The first-order chi connectivity index (χ1) is 6.25. The second kappa shape index (κ2) is 4.95. The molecule has 0 aliphatic rings. The molecule has 14 heavy (non-hydrogen) atoms. The van der Waals surface area contributed by atoms with Crippen LogP contribution in [0.5, 0.6) is 0 Å². The number of hydrogen-bond acceptors (Lipinski definition) is 3. The second-order valence-corrected chi connectivity index (χ2v) is 3.97. The number of carbonyl (C=O) groups excluding carboxylic acids is 1. The van der Waals surface area contributed by atoms with E-state index in [1.54, 1.807) is 13.8 Å². The molecule has 0 aliphatic carbocycles. The SMILES string of the molecule is CC(CCC(=O)O)NC(C)(C)C(N)=O. The third-order valence-corrected chi connectivity index (χ3v) is 2.01. The van der Waals surface area contributed by atoms with Gasteiger partial charge in [-0.25, -0.2) is 0 Å². The highest BCUT2D eigenvalue weighted by atomic mass is 16.4. The number of carboxylic acid groups (broad SMARTS) is 1. The van der Waals surface area contributed by atoms with Crippen molar-refractivity contribution in [3.05, 3.63) is 0 Å². The van der Waals surface area contributed by atoms with Gasteiger partial charge in [0.25, 0.3) is 0 Å². The van der Waals surface area contributed by atoms with Gasteiger partial charge in [-0.05, 0) is 27.2 Å². The third kappa shape index (κ3) is 4.81. The first-order valence-electron chi connectivity index (χ1n) is 4.55. The zero-order chi connectivity index (χ0) is 11.4. The summed E-state index contributed by atoms with van der Waals surface area (Å²) in [5, 5.41) is 11.4. The number of nitrogens with one attached hydrogen (secondary N) is 1. The van der Waals surface area contributed by atoms with Gasteiger partial charge in [-0.1, -0.05) is 0 Å². The van der Waals surface area contributed by atoms with Crippen molar-refractivity contribution in [1.82, 2.24) is 5.32 Å². The number of carbonyl (C=O) groups is 2. The fourth-order valence-corrected chi connectivity index (χ4v) is 1.10. The molecule has 0 rings (SSSR count). The Balaban J connectivity index is 3.99. The van der Waals surface area contributed by atoms with Crippen molar-refractivity contribution >= 4 is 11.9 Å². The Kier molecular flexibility index (Phi) is 4.56. The Morgan fingerprint density at radius 2 is 2.00 bits per heavy atom. The number of rotatable bonds is 6. The van der Waals surface area contributed by atoms with Gasteiger partial charge in [0.15, 0.2) is 0 Å². The van der Waals surface area contributed by atoms with Gasteiger partial charge in [0.05, 0.1) is 5.54 Å². The van der Waals surface area contributed by atoms with Gasteiger partial charge in [0, 0.05) is 12.5 Å².